The Bertz CT molecular complexity index is 396. The largest absolute Gasteiger partial charge is 0.475 e. The summed E-state index contributed by atoms with van der Waals surface area (Å²) in [5, 5.41) is 2.82. The number of hydrogen-bond donors (Lipinski definition) is 1. The molecule has 4 nitrogen and oxygen atoms in total. The first-order chi connectivity index (χ1) is 8.54. The minimum absolute atomic E-state index is 0.0520. The maximum absolute atomic E-state index is 11.6. The topological polar surface area (TPSA) is 51.2 Å². The summed E-state index contributed by atoms with van der Waals surface area (Å²) in [5.74, 6) is 0.613. The molecular formula is C13H19ClN2O2. The minimum Gasteiger partial charge on any atom is -0.475 e. The van der Waals surface area contributed by atoms with E-state index in [4.69, 9.17) is 16.3 Å². The zero-order valence-electron chi connectivity index (χ0n) is 10.9. The average molecular weight is 271 g/mol. The van der Waals surface area contributed by atoms with Crippen molar-refractivity contribution in [2.45, 2.75) is 33.4 Å². The number of nitrogens with zero attached hydrogens (tertiary/aromatic N) is 1. The number of carbonyl (C=O) groups excluding carboxylic acids is 1. The van der Waals surface area contributed by atoms with E-state index in [1.807, 2.05) is 26.0 Å². The van der Waals surface area contributed by atoms with Gasteiger partial charge in [0.2, 0.25) is 11.8 Å². The third-order valence-electron chi connectivity index (χ3n) is 2.33. The van der Waals surface area contributed by atoms with E-state index in [1.54, 1.807) is 13.1 Å². The molecule has 1 rings (SSSR count). The molecule has 0 aliphatic heterocycles. The van der Waals surface area contributed by atoms with Gasteiger partial charge in [-0.1, -0.05) is 13.0 Å². The Morgan fingerprint density at radius 2 is 2.22 bits per heavy atom. The van der Waals surface area contributed by atoms with Crippen molar-refractivity contribution in [3.63, 3.8) is 0 Å². The first kappa shape index (κ1) is 14.8. The van der Waals surface area contributed by atoms with Gasteiger partial charge in [-0.3, -0.25) is 4.79 Å². The fourth-order valence-electron chi connectivity index (χ4n) is 1.31. The number of alkyl halides is 1. The van der Waals surface area contributed by atoms with Crippen LogP contribution in [-0.4, -0.2) is 22.9 Å². The average Bonchev–Trinajstić information content (AvgIpc) is 2.35. The maximum atomic E-state index is 11.6. The highest BCUT2D eigenvalue weighted by molar-refractivity contribution is 6.19. The molecule has 1 N–H and O–H groups in total. The second-order valence-corrected chi connectivity index (χ2v) is 4.72. The fraction of sp³-hybridized carbons (Fsp3) is 0.538. The maximum Gasteiger partial charge on any atom is 0.224 e. The predicted octanol–water partition coefficient (Wildman–Crippen LogP) is 2.36. The second kappa shape index (κ2) is 7.21. The van der Waals surface area contributed by atoms with Crippen molar-refractivity contribution in [1.29, 1.82) is 0 Å². The van der Waals surface area contributed by atoms with Gasteiger partial charge in [0.1, 0.15) is 0 Å². The predicted molar refractivity (Wildman–Crippen MR) is 71.7 cm³/mol. The van der Waals surface area contributed by atoms with Crippen LogP contribution in [0.25, 0.3) is 0 Å². The highest BCUT2D eigenvalue weighted by atomic mass is 35.5. The summed E-state index contributed by atoms with van der Waals surface area (Å²) in [6.07, 6.45) is 1.72. The Hall–Kier alpha value is -1.29. The highest BCUT2D eigenvalue weighted by Gasteiger charge is 2.12. The van der Waals surface area contributed by atoms with E-state index in [2.05, 4.69) is 10.3 Å². The van der Waals surface area contributed by atoms with E-state index in [1.165, 1.54) is 0 Å². The Balaban J connectivity index is 2.64. The van der Waals surface area contributed by atoms with Gasteiger partial charge in [-0.15, -0.1) is 11.6 Å². The summed E-state index contributed by atoms with van der Waals surface area (Å²) in [6.45, 7) is 6.06. The minimum atomic E-state index is -0.196. The van der Waals surface area contributed by atoms with Gasteiger partial charge in [-0.05, 0) is 19.9 Å². The first-order valence-electron chi connectivity index (χ1n) is 5.98. The molecule has 0 fully saturated rings. The lowest BCUT2D eigenvalue weighted by Crippen LogP contribution is -2.29. The zero-order chi connectivity index (χ0) is 13.5. The number of amides is 1. The van der Waals surface area contributed by atoms with Crippen LogP contribution in [0.15, 0.2) is 18.3 Å². The van der Waals surface area contributed by atoms with E-state index in [0.29, 0.717) is 18.3 Å². The van der Waals surface area contributed by atoms with Crippen LogP contribution in [0.4, 0.5) is 0 Å². The van der Waals surface area contributed by atoms with Gasteiger partial charge in [0.15, 0.2) is 0 Å². The molecule has 0 saturated carbocycles. The van der Waals surface area contributed by atoms with Crippen LogP contribution >= 0.6 is 11.6 Å². The molecule has 100 valence electrons. The smallest absolute Gasteiger partial charge is 0.224 e. The Morgan fingerprint density at radius 3 is 2.83 bits per heavy atom. The lowest BCUT2D eigenvalue weighted by molar-refractivity contribution is -0.124. The molecule has 1 unspecified atom stereocenters. The quantitative estimate of drug-likeness (QED) is 0.808. The first-order valence-corrected chi connectivity index (χ1v) is 6.52. The third kappa shape index (κ3) is 4.53. The number of hydrogen-bond acceptors (Lipinski definition) is 3. The van der Waals surface area contributed by atoms with Crippen molar-refractivity contribution in [3.05, 3.63) is 23.9 Å². The van der Waals surface area contributed by atoms with E-state index in [0.717, 1.165) is 5.56 Å². The van der Waals surface area contributed by atoms with Gasteiger partial charge in [0.05, 0.1) is 6.10 Å². The molecule has 0 saturated heterocycles. The summed E-state index contributed by atoms with van der Waals surface area (Å²) in [7, 11) is 0. The number of aromatic nitrogens is 1. The number of carbonyl (C=O) groups is 1. The van der Waals surface area contributed by atoms with Crippen LogP contribution in [0.2, 0.25) is 0 Å². The Kier molecular flexibility index (Phi) is 5.92. The Morgan fingerprint density at radius 1 is 1.50 bits per heavy atom. The number of ether oxygens (including phenoxy) is 1. The molecule has 0 radical (unpaired) electrons. The van der Waals surface area contributed by atoms with Crippen LogP contribution in [0.1, 0.15) is 26.3 Å². The molecule has 0 spiro atoms. The fourth-order valence-corrected chi connectivity index (χ4v) is 1.45. The summed E-state index contributed by atoms with van der Waals surface area (Å²) in [6, 6.07) is 3.70. The molecule has 5 heteroatoms. The SMILES string of the molecule is CC(C)Oc1ncccc1CNC(=O)C(C)CCl. The zero-order valence-corrected chi connectivity index (χ0v) is 11.7. The van der Waals surface area contributed by atoms with Gasteiger partial charge in [0, 0.05) is 30.1 Å². The van der Waals surface area contributed by atoms with E-state index < -0.39 is 0 Å². The summed E-state index contributed by atoms with van der Waals surface area (Å²) in [5.41, 5.74) is 0.862. The summed E-state index contributed by atoms with van der Waals surface area (Å²) < 4.78 is 5.58. The molecule has 1 amide bonds. The summed E-state index contributed by atoms with van der Waals surface area (Å²) in [4.78, 5) is 15.8. The standard InChI is InChI=1S/C13H19ClN2O2/c1-9(2)18-13-11(5-4-6-15-13)8-16-12(17)10(3)7-14/h4-6,9-10H,7-8H2,1-3H3,(H,16,17). The molecule has 0 bridgehead atoms. The lowest BCUT2D eigenvalue weighted by Gasteiger charge is -2.14. The molecular weight excluding hydrogens is 252 g/mol. The Labute approximate surface area is 113 Å². The van der Waals surface area contributed by atoms with E-state index in [9.17, 15) is 4.79 Å². The summed E-state index contributed by atoms with van der Waals surface area (Å²) >= 11 is 5.63. The van der Waals surface area contributed by atoms with Crippen LogP contribution in [-0.2, 0) is 11.3 Å². The lowest BCUT2D eigenvalue weighted by atomic mass is 10.2. The van der Waals surface area contributed by atoms with E-state index in [-0.39, 0.29) is 17.9 Å². The van der Waals surface area contributed by atoms with Gasteiger partial charge in [-0.25, -0.2) is 4.98 Å². The van der Waals surface area contributed by atoms with Crippen molar-refractivity contribution in [3.8, 4) is 5.88 Å². The number of halogens is 1. The van der Waals surface area contributed by atoms with Crippen molar-refractivity contribution in [2.24, 2.45) is 5.92 Å². The molecule has 1 aromatic heterocycles. The number of pyridine rings is 1. The van der Waals surface area contributed by atoms with Crippen molar-refractivity contribution in [1.82, 2.24) is 10.3 Å². The monoisotopic (exact) mass is 270 g/mol. The molecule has 1 heterocycles. The van der Waals surface area contributed by atoms with Crippen molar-refractivity contribution in [2.75, 3.05) is 5.88 Å². The van der Waals surface area contributed by atoms with Crippen molar-refractivity contribution >= 4 is 17.5 Å². The highest BCUT2D eigenvalue weighted by Crippen LogP contribution is 2.15. The molecule has 18 heavy (non-hydrogen) atoms. The van der Waals surface area contributed by atoms with Crippen LogP contribution < -0.4 is 10.1 Å². The molecule has 0 aromatic carbocycles. The normalized spacial score (nSPS) is 12.3. The number of rotatable bonds is 6. The van der Waals surface area contributed by atoms with Gasteiger partial charge >= 0.3 is 0 Å². The van der Waals surface area contributed by atoms with Gasteiger partial charge in [-0.2, -0.15) is 0 Å². The molecule has 0 aliphatic carbocycles. The second-order valence-electron chi connectivity index (χ2n) is 4.41. The van der Waals surface area contributed by atoms with Crippen LogP contribution in [0.5, 0.6) is 5.88 Å². The number of nitrogens with one attached hydrogen (secondary N) is 1. The molecule has 1 atom stereocenters. The van der Waals surface area contributed by atoms with Gasteiger partial charge < -0.3 is 10.1 Å². The van der Waals surface area contributed by atoms with Gasteiger partial charge in [0.25, 0.3) is 0 Å². The molecule has 1 aromatic rings. The van der Waals surface area contributed by atoms with E-state index >= 15 is 0 Å². The van der Waals surface area contributed by atoms with Crippen LogP contribution in [0.3, 0.4) is 0 Å². The third-order valence-corrected chi connectivity index (χ3v) is 2.79. The van der Waals surface area contributed by atoms with Crippen LogP contribution in [0, 0.1) is 5.92 Å². The van der Waals surface area contributed by atoms with Crippen molar-refractivity contribution < 1.29 is 9.53 Å². The molecule has 0 aliphatic rings.